The third-order valence-electron chi connectivity index (χ3n) is 2.66. The Hall–Kier alpha value is -1.36. The molecule has 2 aromatic heterocycles. The van der Waals surface area contributed by atoms with Gasteiger partial charge in [-0.25, -0.2) is 9.97 Å². The highest BCUT2D eigenvalue weighted by molar-refractivity contribution is 7.18. The van der Waals surface area contributed by atoms with E-state index in [1.165, 1.54) is 4.88 Å². The number of benzene rings is 1. The minimum absolute atomic E-state index is 0.489. The number of fused-ring (bicyclic) bond motifs is 1. The lowest BCUT2D eigenvalue weighted by Crippen LogP contribution is -1.95. The molecule has 3 rings (SSSR count). The fourth-order valence-electron chi connectivity index (χ4n) is 1.80. The van der Waals surface area contributed by atoms with E-state index in [-0.39, 0.29) is 0 Å². The minimum Gasteiger partial charge on any atom is -0.338 e. The molecule has 1 aromatic carbocycles. The van der Waals surface area contributed by atoms with Gasteiger partial charge in [0.25, 0.3) is 0 Å². The van der Waals surface area contributed by atoms with Crippen molar-refractivity contribution in [2.24, 2.45) is 0 Å². The maximum atomic E-state index is 6.16. The molecule has 6 heteroatoms. The van der Waals surface area contributed by atoms with Gasteiger partial charge in [-0.1, -0.05) is 29.3 Å². The quantitative estimate of drug-likeness (QED) is 0.719. The molecule has 0 aliphatic heterocycles. The van der Waals surface area contributed by atoms with Crippen molar-refractivity contribution in [1.82, 2.24) is 9.97 Å². The largest absolute Gasteiger partial charge is 0.338 e. The molecule has 1 N–H and O–H groups in total. The van der Waals surface area contributed by atoms with Gasteiger partial charge in [0.2, 0.25) is 0 Å². The van der Waals surface area contributed by atoms with Gasteiger partial charge >= 0.3 is 0 Å². The Kier molecular flexibility index (Phi) is 3.31. The molecule has 0 aliphatic carbocycles. The number of halogens is 2. The maximum absolute atomic E-state index is 6.16. The summed E-state index contributed by atoms with van der Waals surface area (Å²) < 4.78 is 0. The standard InChI is InChI=1S/C13H9Cl2N3S/c1-7-5-8-12(16-6-17-13(8)19-7)18-10-4-2-3-9(14)11(10)15/h2-6H,1H3,(H,16,17,18). The zero-order valence-corrected chi connectivity index (χ0v) is 12.3. The molecule has 0 radical (unpaired) electrons. The molecule has 0 fully saturated rings. The second kappa shape index (κ2) is 4.96. The fourth-order valence-corrected chi connectivity index (χ4v) is 3.00. The van der Waals surface area contributed by atoms with Crippen LogP contribution in [-0.4, -0.2) is 9.97 Å². The summed E-state index contributed by atoms with van der Waals surface area (Å²) in [5.41, 5.74) is 0.734. The molecular weight excluding hydrogens is 301 g/mol. The van der Waals surface area contributed by atoms with Gasteiger partial charge in [0.15, 0.2) is 0 Å². The smallest absolute Gasteiger partial charge is 0.142 e. The number of aromatic nitrogens is 2. The average molecular weight is 310 g/mol. The molecule has 0 atom stereocenters. The molecular formula is C13H9Cl2N3S. The number of hydrogen-bond donors (Lipinski definition) is 1. The molecule has 3 nitrogen and oxygen atoms in total. The van der Waals surface area contributed by atoms with Crippen LogP contribution in [-0.2, 0) is 0 Å². The van der Waals surface area contributed by atoms with Crippen molar-refractivity contribution in [2.45, 2.75) is 6.92 Å². The summed E-state index contributed by atoms with van der Waals surface area (Å²) in [7, 11) is 0. The first-order chi connectivity index (χ1) is 9.15. The SMILES string of the molecule is Cc1cc2c(Nc3cccc(Cl)c3Cl)ncnc2s1. The molecule has 0 unspecified atom stereocenters. The van der Waals surface area contributed by atoms with Crippen molar-refractivity contribution in [2.75, 3.05) is 5.32 Å². The van der Waals surface area contributed by atoms with Crippen LogP contribution in [0.5, 0.6) is 0 Å². The minimum atomic E-state index is 0.489. The first-order valence-electron chi connectivity index (χ1n) is 5.57. The zero-order chi connectivity index (χ0) is 13.4. The number of hydrogen-bond acceptors (Lipinski definition) is 4. The Labute approximate surface area is 124 Å². The Balaban J connectivity index is 2.08. The van der Waals surface area contributed by atoms with Crippen molar-refractivity contribution in [1.29, 1.82) is 0 Å². The van der Waals surface area contributed by atoms with E-state index in [0.29, 0.717) is 10.0 Å². The lowest BCUT2D eigenvalue weighted by atomic mass is 10.3. The average Bonchev–Trinajstić information content (AvgIpc) is 2.76. The highest BCUT2D eigenvalue weighted by Gasteiger charge is 2.10. The predicted octanol–water partition coefficient (Wildman–Crippen LogP) is 5.05. The zero-order valence-electron chi connectivity index (χ0n) is 9.95. The highest BCUT2D eigenvalue weighted by atomic mass is 35.5. The van der Waals surface area contributed by atoms with Crippen LogP contribution >= 0.6 is 34.5 Å². The van der Waals surface area contributed by atoms with Gasteiger partial charge in [-0.05, 0) is 25.1 Å². The van der Waals surface area contributed by atoms with E-state index < -0.39 is 0 Å². The van der Waals surface area contributed by atoms with Gasteiger partial charge in [0.05, 0.1) is 21.1 Å². The molecule has 0 spiro atoms. The first kappa shape index (κ1) is 12.7. The monoisotopic (exact) mass is 309 g/mol. The van der Waals surface area contributed by atoms with E-state index in [9.17, 15) is 0 Å². The molecule has 19 heavy (non-hydrogen) atoms. The Morgan fingerprint density at radius 3 is 2.89 bits per heavy atom. The van der Waals surface area contributed by atoms with Gasteiger partial charge in [-0.15, -0.1) is 11.3 Å². The number of anilines is 2. The van der Waals surface area contributed by atoms with Gasteiger partial charge in [-0.2, -0.15) is 0 Å². The summed E-state index contributed by atoms with van der Waals surface area (Å²) in [4.78, 5) is 10.7. The number of nitrogens with zero attached hydrogens (tertiary/aromatic N) is 2. The van der Waals surface area contributed by atoms with Crippen LogP contribution in [0.2, 0.25) is 10.0 Å². The van der Waals surface area contributed by atoms with Gasteiger partial charge in [-0.3, -0.25) is 0 Å². The summed E-state index contributed by atoms with van der Waals surface area (Å²) in [6.45, 7) is 2.04. The second-order valence-corrected chi connectivity index (χ2v) is 6.04. The van der Waals surface area contributed by atoms with Gasteiger partial charge in [0.1, 0.15) is 17.0 Å². The number of rotatable bonds is 2. The fraction of sp³-hybridized carbons (Fsp3) is 0.0769. The summed E-state index contributed by atoms with van der Waals surface area (Å²) in [6, 6.07) is 7.51. The van der Waals surface area contributed by atoms with Crippen LogP contribution in [0.15, 0.2) is 30.6 Å². The van der Waals surface area contributed by atoms with Crippen molar-refractivity contribution >= 4 is 56.3 Å². The third kappa shape index (κ3) is 2.39. The van der Waals surface area contributed by atoms with Crippen molar-refractivity contribution in [3.63, 3.8) is 0 Å². The van der Waals surface area contributed by atoms with E-state index >= 15 is 0 Å². The number of aryl methyl sites for hydroxylation is 1. The topological polar surface area (TPSA) is 37.8 Å². The van der Waals surface area contributed by atoms with E-state index in [2.05, 4.69) is 21.4 Å². The second-order valence-electron chi connectivity index (χ2n) is 4.02. The number of thiophene rings is 1. The highest BCUT2D eigenvalue weighted by Crippen LogP contribution is 2.34. The normalized spacial score (nSPS) is 10.9. The van der Waals surface area contributed by atoms with Gasteiger partial charge < -0.3 is 5.32 Å². The molecule has 0 aliphatic rings. The van der Waals surface area contributed by atoms with Crippen LogP contribution in [0, 0.1) is 6.92 Å². The Bertz CT molecular complexity index is 755. The van der Waals surface area contributed by atoms with Crippen molar-refractivity contribution in [3.8, 4) is 0 Å². The summed E-state index contributed by atoms with van der Waals surface area (Å²) >= 11 is 13.8. The molecule has 3 aromatic rings. The van der Waals surface area contributed by atoms with Crippen LogP contribution in [0.1, 0.15) is 4.88 Å². The van der Waals surface area contributed by atoms with Crippen LogP contribution in [0.4, 0.5) is 11.5 Å². The Morgan fingerprint density at radius 1 is 1.21 bits per heavy atom. The molecule has 0 bridgehead atoms. The lowest BCUT2D eigenvalue weighted by Gasteiger charge is -2.08. The van der Waals surface area contributed by atoms with E-state index in [1.807, 2.05) is 19.1 Å². The van der Waals surface area contributed by atoms with Crippen LogP contribution in [0.3, 0.4) is 0 Å². The Morgan fingerprint density at radius 2 is 2.05 bits per heavy atom. The number of nitrogens with one attached hydrogen (secondary N) is 1. The van der Waals surface area contributed by atoms with Crippen molar-refractivity contribution < 1.29 is 0 Å². The third-order valence-corrected chi connectivity index (χ3v) is 4.43. The maximum Gasteiger partial charge on any atom is 0.142 e. The lowest BCUT2D eigenvalue weighted by molar-refractivity contribution is 1.23. The van der Waals surface area contributed by atoms with E-state index in [1.54, 1.807) is 23.7 Å². The molecule has 0 amide bonds. The van der Waals surface area contributed by atoms with Gasteiger partial charge in [0, 0.05) is 4.88 Å². The van der Waals surface area contributed by atoms with Crippen molar-refractivity contribution in [3.05, 3.63) is 45.5 Å². The molecule has 2 heterocycles. The summed E-state index contributed by atoms with van der Waals surface area (Å²) in [5.74, 6) is 0.735. The summed E-state index contributed by atoms with van der Waals surface area (Å²) in [6.07, 6.45) is 1.54. The van der Waals surface area contributed by atoms with E-state index in [0.717, 1.165) is 21.7 Å². The molecule has 0 saturated heterocycles. The summed E-state index contributed by atoms with van der Waals surface area (Å²) in [5, 5.41) is 5.20. The van der Waals surface area contributed by atoms with E-state index in [4.69, 9.17) is 23.2 Å². The first-order valence-corrected chi connectivity index (χ1v) is 7.14. The molecule has 0 saturated carbocycles. The van der Waals surface area contributed by atoms with Crippen LogP contribution in [0.25, 0.3) is 10.2 Å². The van der Waals surface area contributed by atoms with Crippen LogP contribution < -0.4 is 5.32 Å². The molecule has 96 valence electrons. The predicted molar refractivity (Wildman–Crippen MR) is 81.9 cm³/mol.